The Labute approximate surface area is 187 Å². The number of rotatable bonds is 11. The van der Waals surface area contributed by atoms with Crippen molar-refractivity contribution >= 4 is 12.4 Å². The largest absolute Gasteiger partial charge is 0.508 e. The molecule has 0 aromatic heterocycles. The summed E-state index contributed by atoms with van der Waals surface area (Å²) in [5.74, 6) is 0.179. The average molecular weight is 433 g/mol. The lowest BCUT2D eigenvalue weighted by Crippen LogP contribution is -2.26. The Morgan fingerprint density at radius 3 is 2.03 bits per heavy atom. The van der Waals surface area contributed by atoms with Gasteiger partial charge in [-0.1, -0.05) is 58.6 Å². The summed E-state index contributed by atoms with van der Waals surface area (Å²) in [6.45, 7) is 13.1. The fourth-order valence-electron chi connectivity index (χ4n) is 2.43. The molecule has 0 fully saturated rings. The van der Waals surface area contributed by atoms with Gasteiger partial charge in [0.05, 0.1) is 12.1 Å². The molecule has 1 aromatic carbocycles. The third-order valence-corrected chi connectivity index (χ3v) is 3.91. The monoisotopic (exact) mass is 432 g/mol. The van der Waals surface area contributed by atoms with Crippen LogP contribution in [0.2, 0.25) is 0 Å². The highest BCUT2D eigenvalue weighted by Gasteiger charge is 2.19. The third kappa shape index (κ3) is 12.6. The smallest absolute Gasteiger partial charge is 0.124 e. The van der Waals surface area contributed by atoms with Crippen LogP contribution in [0.15, 0.2) is 70.4 Å². The number of aliphatic hydroxyl groups is 3. The van der Waals surface area contributed by atoms with Crippen LogP contribution in [0.5, 0.6) is 5.75 Å². The van der Waals surface area contributed by atoms with Crippen LogP contribution in [-0.4, -0.2) is 58.2 Å². The van der Waals surface area contributed by atoms with Gasteiger partial charge in [0.2, 0.25) is 0 Å². The maximum Gasteiger partial charge on any atom is 0.124 e. The molecule has 0 aliphatic heterocycles. The molecule has 0 saturated carbocycles. The summed E-state index contributed by atoms with van der Waals surface area (Å²) in [5, 5.41) is 38.6. The van der Waals surface area contributed by atoms with E-state index in [0.29, 0.717) is 24.0 Å². The molecule has 0 amide bonds. The molecule has 0 aliphatic rings. The number of phenolic OH excluding ortho intramolecular Hbond substituents is 1. The molecule has 0 spiro atoms. The zero-order valence-corrected chi connectivity index (χ0v) is 19.6. The lowest BCUT2D eigenvalue weighted by atomic mass is 10.0. The maximum atomic E-state index is 9.92. The topological polar surface area (TPSA) is 106 Å². The van der Waals surface area contributed by atoms with E-state index in [0.717, 1.165) is 0 Å². The van der Waals surface area contributed by atoms with Gasteiger partial charge in [0.25, 0.3) is 0 Å². The second-order valence-corrected chi connectivity index (χ2v) is 5.81. The first kappa shape index (κ1) is 30.5. The lowest BCUT2D eigenvalue weighted by molar-refractivity contribution is 0.243. The quantitative estimate of drug-likeness (QED) is 0.224. The normalized spacial score (nSPS) is 13.8. The van der Waals surface area contributed by atoms with Crippen LogP contribution in [0.4, 0.5) is 0 Å². The maximum absolute atomic E-state index is 9.92. The molecule has 1 aromatic rings. The summed E-state index contributed by atoms with van der Waals surface area (Å²) in [6, 6.07) is 6.01. The minimum atomic E-state index is -0.401. The Hall–Kier alpha value is -2.70. The van der Waals surface area contributed by atoms with Crippen molar-refractivity contribution in [2.45, 2.75) is 59.5 Å². The molecule has 0 aliphatic carbocycles. The third-order valence-electron chi connectivity index (χ3n) is 3.91. The van der Waals surface area contributed by atoms with Crippen LogP contribution >= 0.6 is 0 Å². The fourth-order valence-corrected chi connectivity index (χ4v) is 2.43. The second-order valence-electron chi connectivity index (χ2n) is 5.81. The van der Waals surface area contributed by atoms with Gasteiger partial charge in [-0.25, -0.2) is 0 Å². The van der Waals surface area contributed by atoms with Crippen LogP contribution in [0.25, 0.3) is 0 Å². The highest BCUT2D eigenvalue weighted by Crippen LogP contribution is 2.17. The molecular weight excluding hydrogens is 392 g/mol. The standard InChI is InChI=1S/C21H28N2O4.2C2H6/c1-3-7-16(20(26)4-2)14-22-18(10-12-24)19(11-13-25)23-15-17-8-5-6-9-21(17)27;2*1-2/h3-9,14-15,18-19,24-27H,1,10-13H2,2H3;2*1-2H3/b16-7-,20-4+,22-14?,23-15?;;. The molecule has 2 atom stereocenters. The highest BCUT2D eigenvalue weighted by molar-refractivity contribution is 5.84. The SMILES string of the molecule is C=C/C=C(C=NC(CCO)C(CCO)N=Cc1ccccc1O)\C(O)=C/C.CC.CC. The van der Waals surface area contributed by atoms with Crippen LogP contribution in [0.3, 0.4) is 0 Å². The van der Waals surface area contributed by atoms with E-state index in [4.69, 9.17) is 0 Å². The van der Waals surface area contributed by atoms with Gasteiger partial charge in [-0.2, -0.15) is 0 Å². The predicted octanol–water partition coefficient (Wildman–Crippen LogP) is 5.01. The number of aromatic hydroxyl groups is 1. The molecule has 0 radical (unpaired) electrons. The van der Waals surface area contributed by atoms with Crippen molar-refractivity contribution in [2.24, 2.45) is 9.98 Å². The zero-order chi connectivity index (χ0) is 24.1. The number of para-hydroxylation sites is 1. The number of hydrogen-bond acceptors (Lipinski definition) is 6. The molecule has 1 rings (SSSR count). The highest BCUT2D eigenvalue weighted by atomic mass is 16.3. The van der Waals surface area contributed by atoms with Crippen molar-refractivity contribution in [1.29, 1.82) is 0 Å². The van der Waals surface area contributed by atoms with Crippen molar-refractivity contribution in [3.05, 3.63) is 66.0 Å². The summed E-state index contributed by atoms with van der Waals surface area (Å²) in [5.41, 5.74) is 1.05. The molecule has 174 valence electrons. The minimum Gasteiger partial charge on any atom is -0.508 e. The van der Waals surface area contributed by atoms with E-state index in [1.54, 1.807) is 55.6 Å². The summed E-state index contributed by atoms with van der Waals surface area (Å²) in [6.07, 6.45) is 8.46. The zero-order valence-electron chi connectivity index (χ0n) is 19.6. The van der Waals surface area contributed by atoms with Crippen LogP contribution in [0.1, 0.15) is 53.0 Å². The Kier molecular flexibility index (Phi) is 20.2. The number of aliphatic imine (C=N–C) groups is 2. The summed E-state index contributed by atoms with van der Waals surface area (Å²) in [7, 11) is 0. The van der Waals surface area contributed by atoms with Crippen molar-refractivity contribution in [3.8, 4) is 5.75 Å². The van der Waals surface area contributed by atoms with E-state index in [9.17, 15) is 20.4 Å². The van der Waals surface area contributed by atoms with Gasteiger partial charge in [0.1, 0.15) is 11.5 Å². The molecule has 0 heterocycles. The van der Waals surface area contributed by atoms with Gasteiger partial charge in [0, 0.05) is 36.8 Å². The van der Waals surface area contributed by atoms with Gasteiger partial charge in [-0.15, -0.1) is 0 Å². The first-order chi connectivity index (χ1) is 15.1. The van der Waals surface area contributed by atoms with Crippen LogP contribution < -0.4 is 0 Å². The lowest BCUT2D eigenvalue weighted by Gasteiger charge is -2.19. The van der Waals surface area contributed by atoms with Crippen LogP contribution in [0, 0.1) is 0 Å². The Morgan fingerprint density at radius 2 is 1.55 bits per heavy atom. The summed E-state index contributed by atoms with van der Waals surface area (Å²) >= 11 is 0. The average Bonchev–Trinajstić information content (AvgIpc) is 2.81. The summed E-state index contributed by atoms with van der Waals surface area (Å²) < 4.78 is 0. The van der Waals surface area contributed by atoms with E-state index < -0.39 is 12.1 Å². The van der Waals surface area contributed by atoms with Crippen molar-refractivity contribution in [1.82, 2.24) is 0 Å². The number of phenols is 1. The molecule has 0 bridgehead atoms. The molecule has 31 heavy (non-hydrogen) atoms. The van der Waals surface area contributed by atoms with Crippen LogP contribution in [-0.2, 0) is 0 Å². The molecule has 2 unspecified atom stereocenters. The molecule has 6 heteroatoms. The van der Waals surface area contributed by atoms with Gasteiger partial charge in [-0.05, 0) is 38.0 Å². The number of allylic oxidation sites excluding steroid dienone is 4. The first-order valence-corrected chi connectivity index (χ1v) is 10.8. The van der Waals surface area contributed by atoms with E-state index in [2.05, 4.69) is 16.6 Å². The number of benzene rings is 1. The predicted molar refractivity (Wildman–Crippen MR) is 133 cm³/mol. The second kappa shape index (κ2) is 20.6. The van der Waals surface area contributed by atoms with Crippen molar-refractivity contribution < 1.29 is 20.4 Å². The molecule has 0 saturated heterocycles. The van der Waals surface area contributed by atoms with E-state index >= 15 is 0 Å². The molecule has 6 nitrogen and oxygen atoms in total. The first-order valence-electron chi connectivity index (χ1n) is 10.8. The number of aliphatic hydroxyl groups excluding tert-OH is 3. The van der Waals surface area contributed by atoms with Gasteiger partial charge < -0.3 is 20.4 Å². The van der Waals surface area contributed by atoms with E-state index in [1.807, 2.05) is 27.7 Å². The Bertz CT molecular complexity index is 709. The van der Waals surface area contributed by atoms with E-state index in [-0.39, 0.29) is 24.7 Å². The van der Waals surface area contributed by atoms with Gasteiger partial charge in [0.15, 0.2) is 0 Å². The van der Waals surface area contributed by atoms with Crippen molar-refractivity contribution in [3.63, 3.8) is 0 Å². The minimum absolute atomic E-state index is 0.0674. The van der Waals surface area contributed by atoms with Gasteiger partial charge in [-0.3, -0.25) is 9.98 Å². The number of nitrogens with zero attached hydrogens (tertiary/aromatic N) is 2. The Balaban J connectivity index is 0. The number of hydrogen-bond donors (Lipinski definition) is 4. The van der Waals surface area contributed by atoms with Gasteiger partial charge >= 0.3 is 0 Å². The molecule has 4 N–H and O–H groups in total. The Morgan fingerprint density at radius 1 is 1.00 bits per heavy atom. The summed E-state index contributed by atoms with van der Waals surface area (Å²) in [4.78, 5) is 8.93. The van der Waals surface area contributed by atoms with Crippen molar-refractivity contribution in [2.75, 3.05) is 13.2 Å². The fraction of sp³-hybridized carbons (Fsp3) is 0.440. The molecular formula is C25H40N2O4. The van der Waals surface area contributed by atoms with E-state index in [1.165, 1.54) is 6.21 Å².